The molecule has 0 saturated heterocycles. The van der Waals surface area contributed by atoms with Gasteiger partial charge in [0.2, 0.25) is 0 Å². The van der Waals surface area contributed by atoms with Crippen molar-refractivity contribution in [2.24, 2.45) is 9.98 Å². The Morgan fingerprint density at radius 3 is 2.22 bits per heavy atom. The number of amidine groups is 2. The summed E-state index contributed by atoms with van der Waals surface area (Å²) in [7, 11) is 0. The van der Waals surface area contributed by atoms with Crippen molar-refractivity contribution in [3.63, 3.8) is 0 Å². The minimum absolute atomic E-state index is 0.224. The van der Waals surface area contributed by atoms with Gasteiger partial charge in [-0.1, -0.05) is 140 Å². The van der Waals surface area contributed by atoms with Crippen molar-refractivity contribution < 1.29 is 4.42 Å². The van der Waals surface area contributed by atoms with E-state index in [0.717, 1.165) is 82.2 Å². The number of allylic oxidation sites excluding steroid dienone is 3. The van der Waals surface area contributed by atoms with E-state index >= 15 is 0 Å². The van der Waals surface area contributed by atoms with E-state index in [-0.39, 0.29) is 6.17 Å². The second-order valence-corrected chi connectivity index (χ2v) is 15.7. The minimum Gasteiger partial charge on any atom is -0.455 e. The smallest absolute Gasteiger partial charge is 0.169 e. The van der Waals surface area contributed by atoms with Crippen LogP contribution in [0.5, 0.6) is 0 Å². The fourth-order valence-corrected chi connectivity index (χ4v) is 10.2. The topological polar surface area (TPSA) is 49.9 Å². The van der Waals surface area contributed by atoms with Crippen molar-refractivity contribution in [2.75, 3.05) is 0 Å². The molecule has 1 N–H and O–H groups in total. The van der Waals surface area contributed by atoms with E-state index in [1.54, 1.807) is 0 Å². The number of hydrogen-bond acceptors (Lipinski definition) is 5. The summed E-state index contributed by atoms with van der Waals surface area (Å²) in [5, 5.41) is 11.0. The SMILES string of the molecule is C1=CC(C2N=C(C3=CCC(c4cccc5c4sc4c(-c6cccc7c6oc6c8ccccc8ccc76)cccc45)CC3)NC(c3ccccc3)=N2)=CCC1. The summed E-state index contributed by atoms with van der Waals surface area (Å²) in [6.45, 7) is 0. The van der Waals surface area contributed by atoms with Crippen molar-refractivity contribution in [1.82, 2.24) is 5.32 Å². The molecule has 2 atom stereocenters. The van der Waals surface area contributed by atoms with Crippen molar-refractivity contribution in [3.05, 3.63) is 168 Å². The van der Waals surface area contributed by atoms with Gasteiger partial charge in [0.1, 0.15) is 22.8 Å². The highest BCUT2D eigenvalue weighted by Gasteiger charge is 2.27. The average Bonchev–Trinajstić information content (AvgIpc) is 3.84. The number of fused-ring (bicyclic) bond motifs is 8. The summed E-state index contributed by atoms with van der Waals surface area (Å²) >= 11 is 1.94. The Bertz CT molecular complexity index is 2960. The maximum absolute atomic E-state index is 6.80. The molecule has 2 aliphatic carbocycles. The molecule has 260 valence electrons. The standard InChI is InChI=1S/C49H37N3OS/c1-3-13-32(14-4-1)47-50-48(33-15-5-2-6-16-33)52-49(51-47)34-26-24-31(25-27-34)36-18-9-22-41-42-23-11-21-40(46(42)54-45(36)41)38-20-10-19-37-39-29-28-30-12-7-8-17-35(30)43(39)53-44(37)38/h1,3-5,7-23,26,28-29,31,48H,2,6,24-25,27H2,(H,50,51,52). The molecule has 54 heavy (non-hydrogen) atoms. The van der Waals surface area contributed by atoms with Crippen LogP contribution in [-0.2, 0) is 0 Å². The highest BCUT2D eigenvalue weighted by molar-refractivity contribution is 7.26. The number of furan rings is 1. The molecule has 0 spiro atoms. The van der Waals surface area contributed by atoms with Crippen LogP contribution in [0.15, 0.2) is 171 Å². The Morgan fingerprint density at radius 1 is 0.611 bits per heavy atom. The van der Waals surface area contributed by atoms with Crippen molar-refractivity contribution in [1.29, 1.82) is 0 Å². The first kappa shape index (κ1) is 31.5. The molecule has 0 saturated carbocycles. The largest absolute Gasteiger partial charge is 0.455 e. The third kappa shape index (κ3) is 5.18. The first-order valence-electron chi connectivity index (χ1n) is 19.1. The van der Waals surface area contributed by atoms with E-state index in [1.807, 2.05) is 11.3 Å². The molecule has 4 nitrogen and oxygen atoms in total. The third-order valence-corrected chi connectivity index (χ3v) is 12.8. The fraction of sp³-hybridized carbons (Fsp3) is 0.143. The molecule has 3 heterocycles. The quantitative estimate of drug-likeness (QED) is 0.193. The molecule has 0 fully saturated rings. The Hall–Kier alpha value is -6.04. The maximum atomic E-state index is 6.80. The summed E-state index contributed by atoms with van der Waals surface area (Å²) in [4.78, 5) is 10.3. The lowest BCUT2D eigenvalue weighted by molar-refractivity contribution is 0.611. The van der Waals surface area contributed by atoms with Gasteiger partial charge in [-0.3, -0.25) is 0 Å². The van der Waals surface area contributed by atoms with Crippen LogP contribution in [0.25, 0.3) is 64.0 Å². The van der Waals surface area contributed by atoms with E-state index < -0.39 is 0 Å². The third-order valence-electron chi connectivity index (χ3n) is 11.5. The van der Waals surface area contributed by atoms with Crippen molar-refractivity contribution >= 4 is 75.9 Å². The van der Waals surface area contributed by atoms with Crippen molar-refractivity contribution in [2.45, 2.75) is 44.2 Å². The molecule has 8 aromatic rings. The van der Waals surface area contributed by atoms with Crippen LogP contribution in [0.2, 0.25) is 0 Å². The predicted molar refractivity (Wildman–Crippen MR) is 228 cm³/mol. The Kier molecular flexibility index (Phi) is 7.47. The van der Waals surface area contributed by atoms with Gasteiger partial charge in [-0.15, -0.1) is 11.3 Å². The van der Waals surface area contributed by atoms with Gasteiger partial charge in [0.05, 0.1) is 0 Å². The molecule has 2 aromatic heterocycles. The molecule has 2 unspecified atom stereocenters. The van der Waals surface area contributed by atoms with Gasteiger partial charge in [0.15, 0.2) is 6.17 Å². The van der Waals surface area contributed by atoms with Crippen LogP contribution in [0, 0.1) is 0 Å². The summed E-state index contributed by atoms with van der Waals surface area (Å²) in [6, 6.07) is 43.6. The number of aliphatic imine (C=N–C) groups is 2. The average molecular weight is 716 g/mol. The van der Waals surface area contributed by atoms with Crippen LogP contribution in [0.3, 0.4) is 0 Å². The zero-order valence-electron chi connectivity index (χ0n) is 29.8. The maximum Gasteiger partial charge on any atom is 0.169 e. The summed E-state index contributed by atoms with van der Waals surface area (Å²) in [6.07, 6.45) is 14.1. The molecule has 0 bridgehead atoms. The number of nitrogens with zero attached hydrogens (tertiary/aromatic N) is 2. The molecule has 11 rings (SSSR count). The molecule has 5 heteroatoms. The van der Waals surface area contributed by atoms with Gasteiger partial charge in [-0.25, -0.2) is 9.98 Å². The summed E-state index contributed by atoms with van der Waals surface area (Å²) in [5.41, 5.74) is 9.30. The number of benzene rings is 6. The van der Waals surface area contributed by atoms with Gasteiger partial charge in [0, 0.05) is 53.0 Å². The number of hydrogen-bond donors (Lipinski definition) is 1. The number of thiophene rings is 1. The lowest BCUT2D eigenvalue weighted by atomic mass is 9.83. The van der Waals surface area contributed by atoms with E-state index in [0.29, 0.717) is 5.92 Å². The van der Waals surface area contributed by atoms with Crippen LogP contribution in [0.4, 0.5) is 0 Å². The lowest BCUT2D eigenvalue weighted by Gasteiger charge is -2.28. The van der Waals surface area contributed by atoms with E-state index in [2.05, 4.69) is 151 Å². The van der Waals surface area contributed by atoms with Gasteiger partial charge in [-0.2, -0.15) is 0 Å². The zero-order chi connectivity index (χ0) is 35.6. The Balaban J connectivity index is 0.956. The second-order valence-electron chi connectivity index (χ2n) is 14.7. The Morgan fingerprint density at radius 2 is 1.37 bits per heavy atom. The number of nitrogens with one attached hydrogen (secondary N) is 1. The first-order valence-corrected chi connectivity index (χ1v) is 19.9. The number of para-hydroxylation sites is 1. The number of rotatable bonds is 5. The van der Waals surface area contributed by atoms with Crippen molar-refractivity contribution in [3.8, 4) is 11.1 Å². The molecule has 6 aromatic carbocycles. The van der Waals surface area contributed by atoms with E-state index in [4.69, 9.17) is 14.4 Å². The predicted octanol–water partition coefficient (Wildman–Crippen LogP) is 13.0. The van der Waals surface area contributed by atoms with Crippen LogP contribution in [0.1, 0.15) is 49.1 Å². The van der Waals surface area contributed by atoms with Crippen LogP contribution >= 0.6 is 11.3 Å². The first-order chi connectivity index (χ1) is 26.8. The molecule has 0 radical (unpaired) electrons. The van der Waals surface area contributed by atoms with E-state index in [1.165, 1.54) is 47.8 Å². The molecule has 0 amide bonds. The van der Waals surface area contributed by atoms with Gasteiger partial charge < -0.3 is 9.73 Å². The molecule has 1 aliphatic heterocycles. The zero-order valence-corrected chi connectivity index (χ0v) is 30.6. The highest BCUT2D eigenvalue weighted by atomic mass is 32.1. The lowest BCUT2D eigenvalue weighted by Crippen LogP contribution is -2.39. The highest BCUT2D eigenvalue weighted by Crippen LogP contribution is 2.47. The van der Waals surface area contributed by atoms with Gasteiger partial charge in [0.25, 0.3) is 0 Å². The van der Waals surface area contributed by atoms with Gasteiger partial charge in [-0.05, 0) is 66.2 Å². The summed E-state index contributed by atoms with van der Waals surface area (Å²) < 4.78 is 9.51. The van der Waals surface area contributed by atoms with Crippen LogP contribution in [-0.4, -0.2) is 17.8 Å². The monoisotopic (exact) mass is 715 g/mol. The normalized spacial score (nSPS) is 18.9. The van der Waals surface area contributed by atoms with Crippen LogP contribution < -0.4 is 5.32 Å². The van der Waals surface area contributed by atoms with Gasteiger partial charge >= 0.3 is 0 Å². The Labute approximate surface area is 317 Å². The molecular formula is C49H37N3OS. The van der Waals surface area contributed by atoms with E-state index in [9.17, 15) is 0 Å². The molecule has 3 aliphatic rings. The second kappa shape index (κ2) is 12.8. The minimum atomic E-state index is -0.224. The summed E-state index contributed by atoms with van der Waals surface area (Å²) in [5.74, 6) is 2.29. The molecular weight excluding hydrogens is 679 g/mol. The fourth-order valence-electron chi connectivity index (χ4n) is 8.78.